The van der Waals surface area contributed by atoms with Crippen LogP contribution in [0.5, 0.6) is 0 Å². The third kappa shape index (κ3) is 5.96. The van der Waals surface area contributed by atoms with Gasteiger partial charge in [-0.15, -0.1) is 11.3 Å². The van der Waals surface area contributed by atoms with Crippen molar-refractivity contribution in [3.63, 3.8) is 0 Å². The highest BCUT2D eigenvalue weighted by Crippen LogP contribution is 2.68. The Labute approximate surface area is 439 Å². The van der Waals surface area contributed by atoms with Crippen LogP contribution in [-0.2, 0) is 10.8 Å². The highest BCUT2D eigenvalue weighted by atomic mass is 32.1. The van der Waals surface area contributed by atoms with E-state index in [9.17, 15) is 0 Å². The Kier molecular flexibility index (Phi) is 9.07. The molecule has 0 atom stereocenters. The number of fused-ring (bicyclic) bond motifs is 19. The van der Waals surface area contributed by atoms with Gasteiger partial charge in [0.1, 0.15) is 0 Å². The maximum atomic E-state index is 5.34. The van der Waals surface area contributed by atoms with Crippen LogP contribution in [0.25, 0.3) is 98.6 Å². The summed E-state index contributed by atoms with van der Waals surface area (Å²) >= 11 is 1.89. The van der Waals surface area contributed by atoms with E-state index < -0.39 is 10.8 Å². The molecule has 348 valence electrons. The van der Waals surface area contributed by atoms with Crippen LogP contribution in [-0.4, -0.2) is 9.97 Å². The van der Waals surface area contributed by atoms with Crippen molar-refractivity contribution in [2.45, 2.75) is 10.8 Å². The number of rotatable bonds is 5. The molecule has 11 aromatic carbocycles. The molecular formula is C72H44N2S. The van der Waals surface area contributed by atoms with Crippen molar-refractivity contribution in [3.8, 4) is 78.4 Å². The molecule has 2 nitrogen and oxygen atoms in total. The minimum atomic E-state index is -0.640. The fraction of sp³-hybridized carbons (Fsp3) is 0.0278. The van der Waals surface area contributed by atoms with Gasteiger partial charge >= 0.3 is 0 Å². The fourth-order valence-electron chi connectivity index (χ4n) is 13.5. The van der Waals surface area contributed by atoms with Crippen LogP contribution < -0.4 is 0 Å². The van der Waals surface area contributed by atoms with E-state index in [2.05, 4.69) is 267 Å². The van der Waals surface area contributed by atoms with Crippen molar-refractivity contribution in [1.82, 2.24) is 9.97 Å². The molecule has 0 saturated carbocycles. The molecule has 0 radical (unpaired) electrons. The van der Waals surface area contributed by atoms with E-state index in [0.29, 0.717) is 5.82 Å². The zero-order chi connectivity index (χ0) is 49.2. The van der Waals surface area contributed by atoms with Crippen LogP contribution in [0.15, 0.2) is 267 Å². The van der Waals surface area contributed by atoms with Crippen LogP contribution >= 0.6 is 11.3 Å². The second kappa shape index (κ2) is 16.1. The Morgan fingerprint density at radius 1 is 0.240 bits per heavy atom. The molecule has 0 fully saturated rings. The monoisotopic (exact) mass is 968 g/mol. The number of aromatic nitrogens is 2. The van der Waals surface area contributed by atoms with Gasteiger partial charge in [-0.3, -0.25) is 0 Å². The minimum absolute atomic E-state index is 0.517. The summed E-state index contributed by atoms with van der Waals surface area (Å²) in [5.41, 5.74) is 24.1. The predicted molar refractivity (Wildman–Crippen MR) is 310 cm³/mol. The summed E-state index contributed by atoms with van der Waals surface area (Å²) in [7, 11) is 0. The van der Waals surface area contributed by atoms with Gasteiger partial charge in [0.05, 0.1) is 22.2 Å². The summed E-state index contributed by atoms with van der Waals surface area (Å²) in [4.78, 5) is 10.6. The highest BCUT2D eigenvalue weighted by Gasteiger charge is 2.59. The first-order valence-electron chi connectivity index (χ1n) is 25.9. The van der Waals surface area contributed by atoms with Gasteiger partial charge in [0, 0.05) is 36.9 Å². The molecular weight excluding hydrogens is 925 g/mol. The Morgan fingerprint density at radius 3 is 1.33 bits per heavy atom. The second-order valence-corrected chi connectivity index (χ2v) is 21.4. The van der Waals surface area contributed by atoms with Crippen molar-refractivity contribution >= 4 is 31.5 Å². The zero-order valence-electron chi connectivity index (χ0n) is 40.7. The summed E-state index contributed by atoms with van der Waals surface area (Å²) in [6.45, 7) is 0. The van der Waals surface area contributed by atoms with Crippen molar-refractivity contribution in [1.29, 1.82) is 0 Å². The van der Waals surface area contributed by atoms with Crippen LogP contribution in [0, 0.1) is 0 Å². The van der Waals surface area contributed by atoms with Crippen molar-refractivity contribution in [2.24, 2.45) is 0 Å². The Morgan fingerprint density at radius 2 is 0.680 bits per heavy atom. The van der Waals surface area contributed by atoms with Crippen molar-refractivity contribution < 1.29 is 0 Å². The second-order valence-electron chi connectivity index (χ2n) is 20.3. The van der Waals surface area contributed by atoms with Gasteiger partial charge in [0.2, 0.25) is 0 Å². The van der Waals surface area contributed by atoms with E-state index in [4.69, 9.17) is 9.97 Å². The molecule has 0 saturated heterocycles. The van der Waals surface area contributed by atoms with Gasteiger partial charge < -0.3 is 0 Å². The fourth-order valence-corrected chi connectivity index (χ4v) is 14.6. The predicted octanol–water partition coefficient (Wildman–Crippen LogP) is 18.2. The first kappa shape index (κ1) is 42.2. The third-order valence-electron chi connectivity index (χ3n) is 16.6. The standard InChI is InChI=1S/C72H44N2S/c1-3-18-45(19-4-1)46-34-36-48(37-35-46)67-44-66(47-20-5-2-6-21-47)73-70(74-67)51-23-17-22-49(40-51)50-38-39-54-56-43-69-57(55-26-9-16-33-68(55)75-69)42-65(56)72(64(54)41-50)62-31-14-12-29-60(62)71(61-30-13-15-32-63(61)72)58-27-10-7-24-52(58)53-25-8-11-28-59(53)71/h1-44H. The lowest BCUT2D eigenvalue weighted by molar-refractivity contribution is 0.633. The third-order valence-corrected chi connectivity index (χ3v) is 17.7. The van der Waals surface area contributed by atoms with Crippen LogP contribution in [0.3, 0.4) is 0 Å². The molecule has 2 aromatic heterocycles. The summed E-state index contributed by atoms with van der Waals surface area (Å²) in [5.74, 6) is 0.690. The van der Waals surface area contributed by atoms with E-state index in [0.717, 1.165) is 39.2 Å². The highest BCUT2D eigenvalue weighted by molar-refractivity contribution is 7.25. The normalized spacial score (nSPS) is 13.8. The Hall–Kier alpha value is -9.28. The summed E-state index contributed by atoms with van der Waals surface area (Å²) in [5, 5.41) is 2.62. The summed E-state index contributed by atoms with van der Waals surface area (Å²) in [6.07, 6.45) is 0. The van der Waals surface area contributed by atoms with E-state index >= 15 is 0 Å². The van der Waals surface area contributed by atoms with Gasteiger partial charge in [-0.1, -0.05) is 231 Å². The van der Waals surface area contributed by atoms with E-state index in [1.165, 1.54) is 98.1 Å². The smallest absolute Gasteiger partial charge is 0.160 e. The topological polar surface area (TPSA) is 25.8 Å². The maximum absolute atomic E-state index is 5.34. The molecule has 2 spiro atoms. The van der Waals surface area contributed by atoms with E-state index in [1.54, 1.807) is 0 Å². The van der Waals surface area contributed by atoms with Gasteiger partial charge in [0.25, 0.3) is 0 Å². The molecule has 16 rings (SSSR count). The number of hydrogen-bond acceptors (Lipinski definition) is 3. The minimum Gasteiger partial charge on any atom is -0.228 e. The lowest BCUT2D eigenvalue weighted by atomic mass is 9.52. The van der Waals surface area contributed by atoms with Gasteiger partial charge in [-0.2, -0.15) is 0 Å². The summed E-state index contributed by atoms with van der Waals surface area (Å²) in [6, 6.07) is 99.0. The average Bonchev–Trinajstić information content (AvgIpc) is 4.33. The van der Waals surface area contributed by atoms with Gasteiger partial charge in [0.15, 0.2) is 5.82 Å². The maximum Gasteiger partial charge on any atom is 0.160 e. The van der Waals surface area contributed by atoms with Crippen molar-refractivity contribution in [3.05, 3.63) is 311 Å². The van der Waals surface area contributed by atoms with Gasteiger partial charge in [-0.05, 0) is 125 Å². The Balaban J connectivity index is 0.917. The first-order valence-corrected chi connectivity index (χ1v) is 26.7. The van der Waals surface area contributed by atoms with Gasteiger partial charge in [-0.25, -0.2) is 9.97 Å². The number of nitrogens with zero attached hydrogens (tertiary/aromatic N) is 2. The lowest BCUT2D eigenvalue weighted by Gasteiger charge is -2.49. The zero-order valence-corrected chi connectivity index (χ0v) is 41.5. The molecule has 3 heteroatoms. The molecule has 0 unspecified atom stereocenters. The van der Waals surface area contributed by atoms with Crippen molar-refractivity contribution in [2.75, 3.05) is 0 Å². The van der Waals surface area contributed by atoms with E-state index in [-0.39, 0.29) is 0 Å². The Bertz CT molecular complexity index is 4380. The molecule has 0 bridgehead atoms. The largest absolute Gasteiger partial charge is 0.228 e. The molecule has 3 aliphatic rings. The summed E-state index contributed by atoms with van der Waals surface area (Å²) < 4.78 is 2.63. The van der Waals surface area contributed by atoms with Crippen LogP contribution in [0.2, 0.25) is 0 Å². The average molecular weight is 969 g/mol. The van der Waals surface area contributed by atoms with Crippen LogP contribution in [0.4, 0.5) is 0 Å². The van der Waals surface area contributed by atoms with Crippen LogP contribution in [0.1, 0.15) is 44.5 Å². The SMILES string of the molecule is c1ccc(-c2ccc(-c3cc(-c4ccccc4)nc(-c4cccc(-c5ccc6c(c5)C5(c7cc8c(cc7-6)sc6ccccc68)c6ccccc6C6(c7ccccc7-c7ccccc76)c6ccccc65)c4)n3)cc2)cc1. The molecule has 0 N–H and O–H groups in total. The molecule has 2 heterocycles. The molecule has 0 amide bonds. The molecule has 3 aliphatic carbocycles. The number of hydrogen-bond donors (Lipinski definition) is 0. The molecule has 13 aromatic rings. The quantitative estimate of drug-likeness (QED) is 0.172. The molecule has 75 heavy (non-hydrogen) atoms. The van der Waals surface area contributed by atoms with E-state index in [1.807, 2.05) is 11.3 Å². The first-order chi connectivity index (χ1) is 37.2. The number of benzene rings is 11. The number of thiophene rings is 1. The lowest BCUT2D eigenvalue weighted by Crippen LogP contribution is -2.43. The molecule has 0 aliphatic heterocycles.